The Morgan fingerprint density at radius 2 is 2.24 bits per heavy atom. The standard InChI is InChI=1S/C13H19NO2S/c1-2-13(12(15)16)4-6-14(7-5-13)9-11-3-8-17-10-11/h3,8,10H,2,4-7,9H2,1H3,(H,15,16). The zero-order valence-electron chi connectivity index (χ0n) is 10.2. The van der Waals surface area contributed by atoms with Crippen LogP contribution in [0, 0.1) is 5.41 Å². The second-order valence-electron chi connectivity index (χ2n) is 4.85. The fraction of sp³-hybridized carbons (Fsp3) is 0.615. The molecule has 2 rings (SSSR count). The summed E-state index contributed by atoms with van der Waals surface area (Å²) in [6, 6.07) is 2.14. The third-order valence-electron chi connectivity index (χ3n) is 3.93. The summed E-state index contributed by atoms with van der Waals surface area (Å²) in [5.41, 5.74) is 0.875. The zero-order valence-corrected chi connectivity index (χ0v) is 11.0. The summed E-state index contributed by atoms with van der Waals surface area (Å²) in [4.78, 5) is 13.7. The lowest BCUT2D eigenvalue weighted by Crippen LogP contribution is -2.43. The Balaban J connectivity index is 1.91. The van der Waals surface area contributed by atoms with Gasteiger partial charge in [-0.25, -0.2) is 0 Å². The van der Waals surface area contributed by atoms with Gasteiger partial charge in [-0.2, -0.15) is 11.3 Å². The Morgan fingerprint density at radius 1 is 1.53 bits per heavy atom. The molecule has 0 aliphatic carbocycles. The highest BCUT2D eigenvalue weighted by Crippen LogP contribution is 2.35. The Bertz CT molecular complexity index is 367. The topological polar surface area (TPSA) is 40.5 Å². The minimum atomic E-state index is -0.616. The fourth-order valence-electron chi connectivity index (χ4n) is 2.50. The van der Waals surface area contributed by atoms with E-state index in [4.69, 9.17) is 0 Å². The normalized spacial score (nSPS) is 20.3. The molecule has 1 aromatic heterocycles. The predicted octanol–water partition coefficient (Wildman–Crippen LogP) is 2.82. The number of hydrogen-bond donors (Lipinski definition) is 1. The average Bonchev–Trinajstić information content (AvgIpc) is 2.83. The summed E-state index contributed by atoms with van der Waals surface area (Å²) >= 11 is 1.72. The second kappa shape index (κ2) is 5.19. The predicted molar refractivity (Wildman–Crippen MR) is 69.2 cm³/mol. The second-order valence-corrected chi connectivity index (χ2v) is 5.63. The van der Waals surface area contributed by atoms with E-state index >= 15 is 0 Å². The highest BCUT2D eigenvalue weighted by Gasteiger charge is 2.39. The lowest BCUT2D eigenvalue weighted by molar-refractivity contribution is -0.152. The van der Waals surface area contributed by atoms with E-state index in [1.54, 1.807) is 11.3 Å². The number of rotatable bonds is 4. The Kier molecular flexibility index (Phi) is 3.84. The molecule has 0 saturated carbocycles. The van der Waals surface area contributed by atoms with Crippen LogP contribution in [-0.4, -0.2) is 29.1 Å². The third kappa shape index (κ3) is 2.69. The maximum atomic E-state index is 11.3. The molecule has 1 aliphatic heterocycles. The molecule has 0 spiro atoms. The van der Waals surface area contributed by atoms with Gasteiger partial charge in [0.2, 0.25) is 0 Å². The van der Waals surface area contributed by atoms with Gasteiger partial charge in [0.1, 0.15) is 0 Å². The number of carboxylic acid groups (broad SMARTS) is 1. The lowest BCUT2D eigenvalue weighted by atomic mass is 9.76. The van der Waals surface area contributed by atoms with Crippen LogP contribution in [0.15, 0.2) is 16.8 Å². The van der Waals surface area contributed by atoms with Crippen LogP contribution in [-0.2, 0) is 11.3 Å². The summed E-state index contributed by atoms with van der Waals surface area (Å²) in [5, 5.41) is 13.6. The number of carboxylic acids is 1. The third-order valence-corrected chi connectivity index (χ3v) is 4.66. The van der Waals surface area contributed by atoms with E-state index in [0.29, 0.717) is 0 Å². The van der Waals surface area contributed by atoms with Gasteiger partial charge in [0.05, 0.1) is 5.41 Å². The quantitative estimate of drug-likeness (QED) is 0.897. The van der Waals surface area contributed by atoms with Crippen molar-refractivity contribution in [2.75, 3.05) is 13.1 Å². The molecular weight excluding hydrogens is 234 g/mol. The number of likely N-dealkylation sites (tertiary alicyclic amines) is 1. The van der Waals surface area contributed by atoms with Crippen molar-refractivity contribution in [1.29, 1.82) is 0 Å². The number of hydrogen-bond acceptors (Lipinski definition) is 3. The molecule has 94 valence electrons. The SMILES string of the molecule is CCC1(C(=O)O)CCN(Cc2ccsc2)CC1. The van der Waals surface area contributed by atoms with Gasteiger partial charge in [-0.1, -0.05) is 6.92 Å². The average molecular weight is 253 g/mol. The number of aliphatic carboxylic acids is 1. The van der Waals surface area contributed by atoms with Crippen molar-refractivity contribution in [3.63, 3.8) is 0 Å². The summed E-state index contributed by atoms with van der Waals surface area (Å²) in [6.07, 6.45) is 2.31. The lowest BCUT2D eigenvalue weighted by Gasteiger charge is -2.38. The highest BCUT2D eigenvalue weighted by atomic mass is 32.1. The number of piperidine rings is 1. The van der Waals surface area contributed by atoms with Crippen LogP contribution in [0.25, 0.3) is 0 Å². The zero-order chi connectivity index (χ0) is 12.3. The van der Waals surface area contributed by atoms with Crippen LogP contribution >= 0.6 is 11.3 Å². The van der Waals surface area contributed by atoms with E-state index in [9.17, 15) is 9.90 Å². The van der Waals surface area contributed by atoms with Gasteiger partial charge in [-0.05, 0) is 54.7 Å². The molecule has 0 unspecified atom stereocenters. The molecule has 1 aliphatic rings. The van der Waals surface area contributed by atoms with Gasteiger partial charge in [-0.15, -0.1) is 0 Å². The molecule has 2 heterocycles. The van der Waals surface area contributed by atoms with Crippen LogP contribution in [0.1, 0.15) is 31.7 Å². The maximum Gasteiger partial charge on any atom is 0.309 e. The van der Waals surface area contributed by atoms with Crippen molar-refractivity contribution in [3.05, 3.63) is 22.4 Å². The first kappa shape index (κ1) is 12.6. The van der Waals surface area contributed by atoms with Gasteiger partial charge in [0.25, 0.3) is 0 Å². The molecule has 1 fully saturated rings. The Morgan fingerprint density at radius 3 is 2.71 bits per heavy atom. The fourth-order valence-corrected chi connectivity index (χ4v) is 3.16. The first-order valence-corrected chi connectivity index (χ1v) is 7.07. The Labute approximate surface area is 106 Å². The first-order valence-electron chi connectivity index (χ1n) is 6.13. The van der Waals surface area contributed by atoms with E-state index in [2.05, 4.69) is 21.7 Å². The van der Waals surface area contributed by atoms with Crippen LogP contribution < -0.4 is 0 Å². The van der Waals surface area contributed by atoms with Gasteiger partial charge < -0.3 is 5.11 Å². The van der Waals surface area contributed by atoms with Crippen molar-refractivity contribution in [3.8, 4) is 0 Å². The first-order chi connectivity index (χ1) is 8.16. The molecule has 1 aromatic rings. The van der Waals surface area contributed by atoms with Crippen LogP contribution in [0.3, 0.4) is 0 Å². The molecular formula is C13H19NO2S. The maximum absolute atomic E-state index is 11.3. The van der Waals surface area contributed by atoms with Crippen LogP contribution in [0.2, 0.25) is 0 Å². The van der Waals surface area contributed by atoms with Crippen molar-refractivity contribution >= 4 is 17.3 Å². The van der Waals surface area contributed by atoms with Crippen molar-refractivity contribution in [1.82, 2.24) is 4.90 Å². The molecule has 4 heteroatoms. The van der Waals surface area contributed by atoms with E-state index in [1.807, 2.05) is 6.92 Å². The Hall–Kier alpha value is -0.870. The number of carbonyl (C=O) groups is 1. The highest BCUT2D eigenvalue weighted by molar-refractivity contribution is 7.07. The molecule has 3 nitrogen and oxygen atoms in total. The molecule has 0 radical (unpaired) electrons. The van der Waals surface area contributed by atoms with E-state index < -0.39 is 11.4 Å². The van der Waals surface area contributed by atoms with Crippen molar-refractivity contribution in [2.45, 2.75) is 32.7 Å². The van der Waals surface area contributed by atoms with Crippen LogP contribution in [0.4, 0.5) is 0 Å². The monoisotopic (exact) mass is 253 g/mol. The minimum absolute atomic E-state index is 0.467. The number of nitrogens with zero attached hydrogens (tertiary/aromatic N) is 1. The molecule has 0 atom stereocenters. The number of thiophene rings is 1. The summed E-state index contributed by atoms with van der Waals surface area (Å²) in [5.74, 6) is -0.616. The van der Waals surface area contributed by atoms with E-state index in [0.717, 1.165) is 38.9 Å². The van der Waals surface area contributed by atoms with E-state index in [1.165, 1.54) is 5.56 Å². The molecule has 0 amide bonds. The molecule has 1 saturated heterocycles. The molecule has 1 N–H and O–H groups in total. The molecule has 0 bridgehead atoms. The van der Waals surface area contributed by atoms with Crippen LogP contribution in [0.5, 0.6) is 0 Å². The summed E-state index contributed by atoms with van der Waals surface area (Å²) in [7, 11) is 0. The summed E-state index contributed by atoms with van der Waals surface area (Å²) in [6.45, 7) is 4.75. The van der Waals surface area contributed by atoms with Gasteiger partial charge in [-0.3, -0.25) is 9.69 Å². The molecule has 17 heavy (non-hydrogen) atoms. The smallest absolute Gasteiger partial charge is 0.309 e. The largest absolute Gasteiger partial charge is 0.481 e. The van der Waals surface area contributed by atoms with E-state index in [-0.39, 0.29) is 0 Å². The summed E-state index contributed by atoms with van der Waals surface area (Å²) < 4.78 is 0. The van der Waals surface area contributed by atoms with Crippen molar-refractivity contribution in [2.24, 2.45) is 5.41 Å². The van der Waals surface area contributed by atoms with Gasteiger partial charge in [0.15, 0.2) is 0 Å². The molecule has 0 aromatic carbocycles. The van der Waals surface area contributed by atoms with Crippen molar-refractivity contribution < 1.29 is 9.90 Å². The van der Waals surface area contributed by atoms with Gasteiger partial charge in [0, 0.05) is 6.54 Å². The minimum Gasteiger partial charge on any atom is -0.481 e. The van der Waals surface area contributed by atoms with Gasteiger partial charge >= 0.3 is 5.97 Å².